The lowest BCUT2D eigenvalue weighted by Crippen LogP contribution is -2.29. The van der Waals surface area contributed by atoms with Crippen LogP contribution < -0.4 is 10.9 Å². The molecule has 78 valence electrons. The Balaban J connectivity index is 2.86. The number of rotatable bonds is 4. The monoisotopic (exact) mass is 219 g/mol. The van der Waals surface area contributed by atoms with E-state index in [2.05, 4.69) is 15.3 Å². The number of aliphatic hydroxyl groups is 2. The maximum absolute atomic E-state index is 11.0. The third-order valence-electron chi connectivity index (χ3n) is 1.58. The third kappa shape index (κ3) is 2.44. The first-order chi connectivity index (χ1) is 6.69. The summed E-state index contributed by atoms with van der Waals surface area (Å²) in [6.07, 6.45) is 1.18. The quantitative estimate of drug-likeness (QED) is 0.531. The molecule has 1 heterocycles. The Morgan fingerprint density at radius 3 is 2.79 bits per heavy atom. The molecular weight excluding hydrogens is 210 g/mol. The Morgan fingerprint density at radius 1 is 1.57 bits per heavy atom. The molecule has 0 unspecified atom stereocenters. The Morgan fingerprint density at radius 2 is 2.21 bits per heavy atom. The van der Waals surface area contributed by atoms with Crippen molar-refractivity contribution in [2.24, 2.45) is 0 Å². The Kier molecular flexibility index (Phi) is 3.87. The van der Waals surface area contributed by atoms with Crippen molar-refractivity contribution in [3.63, 3.8) is 0 Å². The minimum atomic E-state index is -0.582. The van der Waals surface area contributed by atoms with Gasteiger partial charge < -0.3 is 20.5 Å². The highest BCUT2D eigenvalue weighted by molar-refractivity contribution is 6.32. The van der Waals surface area contributed by atoms with Gasteiger partial charge in [0.2, 0.25) is 0 Å². The van der Waals surface area contributed by atoms with Crippen LogP contribution in [0, 0.1) is 0 Å². The van der Waals surface area contributed by atoms with Crippen LogP contribution in [0.25, 0.3) is 0 Å². The summed E-state index contributed by atoms with van der Waals surface area (Å²) < 4.78 is 0. The molecule has 6 nitrogen and oxygen atoms in total. The molecule has 1 aromatic heterocycles. The molecule has 14 heavy (non-hydrogen) atoms. The van der Waals surface area contributed by atoms with Crippen molar-refractivity contribution in [2.75, 3.05) is 18.5 Å². The zero-order valence-electron chi connectivity index (χ0n) is 7.20. The van der Waals surface area contributed by atoms with Gasteiger partial charge in [0.25, 0.3) is 5.56 Å². The maximum Gasteiger partial charge on any atom is 0.271 e. The van der Waals surface area contributed by atoms with Crippen LogP contribution in [0.3, 0.4) is 0 Å². The highest BCUT2D eigenvalue weighted by Crippen LogP contribution is 2.12. The highest BCUT2D eigenvalue weighted by atomic mass is 35.5. The summed E-state index contributed by atoms with van der Waals surface area (Å²) in [6.45, 7) is -0.553. The number of H-pyrrole nitrogens is 1. The summed E-state index contributed by atoms with van der Waals surface area (Å²) in [4.78, 5) is 17.0. The van der Waals surface area contributed by atoms with Gasteiger partial charge in [0, 0.05) is 0 Å². The second-order valence-electron chi connectivity index (χ2n) is 2.60. The van der Waals surface area contributed by atoms with Crippen molar-refractivity contribution >= 4 is 17.4 Å². The van der Waals surface area contributed by atoms with Gasteiger partial charge >= 0.3 is 0 Å². The van der Waals surface area contributed by atoms with Crippen molar-refractivity contribution in [3.05, 3.63) is 21.7 Å². The number of halogens is 1. The van der Waals surface area contributed by atoms with E-state index in [4.69, 9.17) is 21.8 Å². The van der Waals surface area contributed by atoms with E-state index in [1.165, 1.54) is 6.33 Å². The van der Waals surface area contributed by atoms with Crippen LogP contribution >= 0.6 is 11.6 Å². The summed E-state index contributed by atoms with van der Waals surface area (Å²) in [6, 6.07) is -0.582. The first kappa shape index (κ1) is 11.0. The lowest BCUT2D eigenvalue weighted by molar-refractivity contribution is 0.203. The molecule has 0 radical (unpaired) electrons. The predicted octanol–water partition coefficient (Wildman–Crippen LogP) is -0.812. The summed E-state index contributed by atoms with van der Waals surface area (Å²) >= 11 is 5.62. The molecule has 0 fully saturated rings. The smallest absolute Gasteiger partial charge is 0.271 e. The number of nitrogens with one attached hydrogen (secondary N) is 2. The first-order valence-electron chi connectivity index (χ1n) is 3.90. The van der Waals surface area contributed by atoms with Crippen LogP contribution in [-0.2, 0) is 0 Å². The number of anilines is 1. The number of hydrogen-bond acceptors (Lipinski definition) is 5. The fraction of sp³-hybridized carbons (Fsp3) is 0.429. The highest BCUT2D eigenvalue weighted by Gasteiger charge is 2.10. The molecule has 7 heteroatoms. The molecule has 0 spiro atoms. The van der Waals surface area contributed by atoms with E-state index in [0.717, 1.165) is 0 Å². The Labute approximate surface area is 84.6 Å². The van der Waals surface area contributed by atoms with Gasteiger partial charge in [0.1, 0.15) is 5.02 Å². The molecular formula is C7H10ClN3O3. The SMILES string of the molecule is O=c1[nH]cnc(NC(CO)CO)c1Cl. The molecule has 0 bridgehead atoms. The molecule has 1 aromatic rings. The van der Waals surface area contributed by atoms with Gasteiger partial charge in [-0.2, -0.15) is 0 Å². The average Bonchev–Trinajstić information content (AvgIpc) is 2.20. The second kappa shape index (κ2) is 4.94. The Hall–Kier alpha value is -1.11. The summed E-state index contributed by atoms with van der Waals surface area (Å²) in [7, 11) is 0. The van der Waals surface area contributed by atoms with Gasteiger partial charge in [-0.15, -0.1) is 0 Å². The van der Waals surface area contributed by atoms with Crippen LogP contribution in [-0.4, -0.2) is 39.4 Å². The van der Waals surface area contributed by atoms with E-state index in [1.54, 1.807) is 0 Å². The fourth-order valence-electron chi connectivity index (χ4n) is 0.826. The van der Waals surface area contributed by atoms with Crippen LogP contribution in [0.1, 0.15) is 0 Å². The van der Waals surface area contributed by atoms with Gasteiger partial charge in [-0.05, 0) is 0 Å². The lowest BCUT2D eigenvalue weighted by atomic mass is 10.3. The third-order valence-corrected chi connectivity index (χ3v) is 1.93. The van der Waals surface area contributed by atoms with Gasteiger partial charge in [0.15, 0.2) is 5.82 Å². The van der Waals surface area contributed by atoms with Gasteiger partial charge in [0.05, 0.1) is 25.6 Å². The molecule has 0 saturated heterocycles. The summed E-state index contributed by atoms with van der Waals surface area (Å²) in [5.74, 6) is 0.142. The van der Waals surface area contributed by atoms with E-state index < -0.39 is 11.6 Å². The van der Waals surface area contributed by atoms with Crippen LogP contribution in [0.2, 0.25) is 5.02 Å². The predicted molar refractivity (Wildman–Crippen MR) is 51.5 cm³/mol. The normalized spacial score (nSPS) is 10.6. The zero-order chi connectivity index (χ0) is 10.6. The summed E-state index contributed by atoms with van der Waals surface area (Å²) in [5, 5.41) is 20.1. The number of hydrogen-bond donors (Lipinski definition) is 4. The van der Waals surface area contributed by atoms with E-state index in [-0.39, 0.29) is 24.1 Å². The van der Waals surface area contributed by atoms with Crippen molar-refractivity contribution in [1.29, 1.82) is 0 Å². The molecule has 4 N–H and O–H groups in total. The first-order valence-corrected chi connectivity index (χ1v) is 4.28. The zero-order valence-corrected chi connectivity index (χ0v) is 7.95. The van der Waals surface area contributed by atoms with E-state index >= 15 is 0 Å². The molecule has 0 saturated carbocycles. The minimum Gasteiger partial charge on any atom is -0.394 e. The number of aromatic amines is 1. The molecule has 0 aliphatic rings. The molecule has 0 aliphatic heterocycles. The van der Waals surface area contributed by atoms with E-state index in [1.807, 2.05) is 0 Å². The fourth-order valence-corrected chi connectivity index (χ4v) is 0.984. The number of nitrogens with zero attached hydrogens (tertiary/aromatic N) is 1. The Bertz CT molecular complexity index is 350. The number of aromatic nitrogens is 2. The van der Waals surface area contributed by atoms with E-state index in [0.29, 0.717) is 0 Å². The van der Waals surface area contributed by atoms with Gasteiger partial charge in [-0.25, -0.2) is 4.98 Å². The molecule has 0 atom stereocenters. The van der Waals surface area contributed by atoms with Crippen molar-refractivity contribution in [3.8, 4) is 0 Å². The van der Waals surface area contributed by atoms with Crippen LogP contribution in [0.5, 0.6) is 0 Å². The van der Waals surface area contributed by atoms with Gasteiger partial charge in [-0.3, -0.25) is 4.79 Å². The van der Waals surface area contributed by atoms with Crippen molar-refractivity contribution < 1.29 is 10.2 Å². The minimum absolute atomic E-state index is 0.0978. The standard InChI is InChI=1S/C7H10ClN3O3/c8-5-6(9-3-10-7(5)14)11-4(1-12)2-13/h3-4,12-13H,1-2H2,(H2,9,10,11,14). The second-order valence-corrected chi connectivity index (χ2v) is 2.98. The average molecular weight is 220 g/mol. The topological polar surface area (TPSA) is 98.2 Å². The molecule has 0 aromatic carbocycles. The maximum atomic E-state index is 11.0. The molecule has 0 amide bonds. The molecule has 0 aliphatic carbocycles. The lowest BCUT2D eigenvalue weighted by Gasteiger charge is -2.13. The van der Waals surface area contributed by atoms with Gasteiger partial charge in [-0.1, -0.05) is 11.6 Å². The van der Waals surface area contributed by atoms with Crippen molar-refractivity contribution in [2.45, 2.75) is 6.04 Å². The number of aliphatic hydroxyl groups excluding tert-OH is 2. The molecule has 1 rings (SSSR count). The summed E-state index contributed by atoms with van der Waals surface area (Å²) in [5.41, 5.74) is -0.473. The van der Waals surface area contributed by atoms with Crippen LogP contribution in [0.4, 0.5) is 5.82 Å². The van der Waals surface area contributed by atoms with Crippen LogP contribution in [0.15, 0.2) is 11.1 Å². The largest absolute Gasteiger partial charge is 0.394 e. The van der Waals surface area contributed by atoms with Crippen molar-refractivity contribution in [1.82, 2.24) is 9.97 Å². The van der Waals surface area contributed by atoms with E-state index in [9.17, 15) is 4.79 Å².